The first-order valence-corrected chi connectivity index (χ1v) is 5.85. The van der Waals surface area contributed by atoms with Gasteiger partial charge in [0, 0.05) is 25.7 Å². The number of carboxylic acids is 1. The topological polar surface area (TPSA) is 59.0 Å². The summed E-state index contributed by atoms with van der Waals surface area (Å²) in [6.45, 7) is 6.93. The number of ether oxygens (including phenoxy) is 2. The minimum absolute atomic E-state index is 0.316. The normalized spacial score (nSPS) is 24.2. The SMILES string of the molecule is CCOC(CN1CCOCC1CC)C(=O)O. The van der Waals surface area contributed by atoms with Crippen molar-refractivity contribution in [3.63, 3.8) is 0 Å². The molecule has 0 aromatic carbocycles. The molecule has 5 heteroatoms. The zero-order valence-corrected chi connectivity index (χ0v) is 10.0. The molecule has 1 fully saturated rings. The Morgan fingerprint density at radius 3 is 2.94 bits per heavy atom. The van der Waals surface area contributed by atoms with E-state index in [0.717, 1.165) is 13.0 Å². The highest BCUT2D eigenvalue weighted by atomic mass is 16.5. The van der Waals surface area contributed by atoms with Crippen LogP contribution in [-0.2, 0) is 14.3 Å². The third-order valence-electron chi connectivity index (χ3n) is 2.86. The van der Waals surface area contributed by atoms with Gasteiger partial charge in [-0.2, -0.15) is 0 Å². The summed E-state index contributed by atoms with van der Waals surface area (Å²) in [5, 5.41) is 9.01. The van der Waals surface area contributed by atoms with Crippen molar-refractivity contribution in [2.45, 2.75) is 32.4 Å². The summed E-state index contributed by atoms with van der Waals surface area (Å²) in [7, 11) is 0. The number of rotatable bonds is 6. The van der Waals surface area contributed by atoms with Gasteiger partial charge in [0.25, 0.3) is 0 Å². The van der Waals surface area contributed by atoms with E-state index in [1.165, 1.54) is 0 Å². The molecule has 1 N–H and O–H groups in total. The average molecular weight is 231 g/mol. The Labute approximate surface area is 96.3 Å². The molecular weight excluding hydrogens is 210 g/mol. The molecule has 0 aliphatic carbocycles. The lowest BCUT2D eigenvalue weighted by Crippen LogP contribution is -2.50. The van der Waals surface area contributed by atoms with Crippen molar-refractivity contribution in [1.29, 1.82) is 0 Å². The Morgan fingerprint density at radius 1 is 1.62 bits per heavy atom. The molecule has 1 aliphatic rings. The molecule has 94 valence electrons. The van der Waals surface area contributed by atoms with E-state index in [-0.39, 0.29) is 0 Å². The van der Waals surface area contributed by atoms with Gasteiger partial charge in [-0.15, -0.1) is 0 Å². The highest BCUT2D eigenvalue weighted by molar-refractivity contribution is 5.72. The maximum Gasteiger partial charge on any atom is 0.334 e. The fraction of sp³-hybridized carbons (Fsp3) is 0.909. The van der Waals surface area contributed by atoms with Gasteiger partial charge in [0.1, 0.15) is 0 Å². The molecule has 5 nitrogen and oxygen atoms in total. The second-order valence-corrected chi connectivity index (χ2v) is 3.91. The van der Waals surface area contributed by atoms with E-state index in [1.54, 1.807) is 0 Å². The van der Waals surface area contributed by atoms with Crippen LogP contribution in [0.4, 0.5) is 0 Å². The summed E-state index contributed by atoms with van der Waals surface area (Å²) < 4.78 is 10.6. The lowest BCUT2D eigenvalue weighted by molar-refractivity contribution is -0.153. The van der Waals surface area contributed by atoms with Crippen molar-refractivity contribution in [3.05, 3.63) is 0 Å². The van der Waals surface area contributed by atoms with Crippen molar-refractivity contribution >= 4 is 5.97 Å². The van der Waals surface area contributed by atoms with E-state index < -0.39 is 12.1 Å². The first-order chi connectivity index (χ1) is 7.69. The summed E-state index contributed by atoms with van der Waals surface area (Å²) in [4.78, 5) is 13.1. The third kappa shape index (κ3) is 3.73. The molecule has 0 aromatic rings. The maximum atomic E-state index is 11.0. The molecule has 16 heavy (non-hydrogen) atoms. The van der Waals surface area contributed by atoms with Crippen molar-refractivity contribution in [1.82, 2.24) is 4.90 Å². The van der Waals surface area contributed by atoms with E-state index in [9.17, 15) is 4.79 Å². The van der Waals surface area contributed by atoms with Crippen molar-refractivity contribution < 1.29 is 19.4 Å². The number of hydrogen-bond donors (Lipinski definition) is 1. The van der Waals surface area contributed by atoms with Gasteiger partial charge in [-0.1, -0.05) is 6.92 Å². The van der Waals surface area contributed by atoms with E-state index in [0.29, 0.717) is 32.4 Å². The molecular formula is C11H21NO4. The van der Waals surface area contributed by atoms with Gasteiger partial charge in [-0.3, -0.25) is 4.90 Å². The van der Waals surface area contributed by atoms with Gasteiger partial charge in [-0.25, -0.2) is 4.79 Å². The summed E-state index contributed by atoms with van der Waals surface area (Å²) in [5.41, 5.74) is 0. The molecule has 1 heterocycles. The van der Waals surface area contributed by atoms with Crippen LogP contribution in [0.15, 0.2) is 0 Å². The predicted octanol–water partition coefficient (Wildman–Crippen LogP) is 0.587. The monoisotopic (exact) mass is 231 g/mol. The van der Waals surface area contributed by atoms with E-state index >= 15 is 0 Å². The van der Waals surface area contributed by atoms with Crippen molar-refractivity contribution in [2.75, 3.05) is 32.9 Å². The van der Waals surface area contributed by atoms with Crippen LogP contribution in [0.3, 0.4) is 0 Å². The smallest absolute Gasteiger partial charge is 0.334 e. The van der Waals surface area contributed by atoms with Gasteiger partial charge in [-0.05, 0) is 13.3 Å². The van der Waals surface area contributed by atoms with Crippen LogP contribution >= 0.6 is 0 Å². The van der Waals surface area contributed by atoms with Crippen LogP contribution in [0, 0.1) is 0 Å². The van der Waals surface area contributed by atoms with Crippen LogP contribution < -0.4 is 0 Å². The highest BCUT2D eigenvalue weighted by Crippen LogP contribution is 2.11. The molecule has 0 spiro atoms. The Bertz CT molecular complexity index is 222. The molecule has 1 saturated heterocycles. The Hall–Kier alpha value is -0.650. The molecule has 2 unspecified atom stereocenters. The molecule has 1 rings (SSSR count). The van der Waals surface area contributed by atoms with E-state index in [1.807, 2.05) is 6.92 Å². The summed E-state index contributed by atoms with van der Waals surface area (Å²) in [6.07, 6.45) is 0.246. The van der Waals surface area contributed by atoms with Crippen molar-refractivity contribution in [3.8, 4) is 0 Å². The second-order valence-electron chi connectivity index (χ2n) is 3.91. The average Bonchev–Trinajstić information content (AvgIpc) is 2.29. The van der Waals surface area contributed by atoms with Gasteiger partial charge >= 0.3 is 5.97 Å². The number of hydrogen-bond acceptors (Lipinski definition) is 4. The van der Waals surface area contributed by atoms with Gasteiger partial charge in [0.05, 0.1) is 13.2 Å². The van der Waals surface area contributed by atoms with Crippen LogP contribution in [0.1, 0.15) is 20.3 Å². The first-order valence-electron chi connectivity index (χ1n) is 5.85. The van der Waals surface area contributed by atoms with Crippen LogP contribution in [-0.4, -0.2) is 61.0 Å². The highest BCUT2D eigenvalue weighted by Gasteiger charge is 2.27. The van der Waals surface area contributed by atoms with Crippen LogP contribution in [0.2, 0.25) is 0 Å². The molecule has 1 aliphatic heterocycles. The fourth-order valence-corrected chi connectivity index (χ4v) is 1.92. The zero-order valence-electron chi connectivity index (χ0n) is 10.0. The molecule has 2 atom stereocenters. The van der Waals surface area contributed by atoms with E-state index in [4.69, 9.17) is 14.6 Å². The number of aliphatic carboxylic acids is 1. The first kappa shape index (κ1) is 13.4. The Kier molecular flexibility index (Phi) is 5.73. The number of carbonyl (C=O) groups is 1. The van der Waals surface area contributed by atoms with Gasteiger partial charge in [0.2, 0.25) is 0 Å². The molecule has 0 amide bonds. The minimum atomic E-state index is -0.886. The lowest BCUT2D eigenvalue weighted by atomic mass is 10.1. The molecule has 0 aromatic heterocycles. The fourth-order valence-electron chi connectivity index (χ4n) is 1.92. The number of nitrogens with zero attached hydrogens (tertiary/aromatic N) is 1. The van der Waals surface area contributed by atoms with Crippen LogP contribution in [0.25, 0.3) is 0 Å². The summed E-state index contributed by atoms with van der Waals surface area (Å²) >= 11 is 0. The molecule has 0 saturated carbocycles. The predicted molar refractivity (Wildman–Crippen MR) is 59.5 cm³/mol. The molecule has 0 radical (unpaired) electrons. The lowest BCUT2D eigenvalue weighted by Gasteiger charge is -2.36. The zero-order chi connectivity index (χ0) is 12.0. The number of morpholine rings is 1. The molecule has 0 bridgehead atoms. The maximum absolute atomic E-state index is 11.0. The van der Waals surface area contributed by atoms with Crippen LogP contribution in [0.5, 0.6) is 0 Å². The Morgan fingerprint density at radius 2 is 2.38 bits per heavy atom. The van der Waals surface area contributed by atoms with Gasteiger partial charge < -0.3 is 14.6 Å². The third-order valence-corrected chi connectivity index (χ3v) is 2.86. The summed E-state index contributed by atoms with van der Waals surface area (Å²) in [5.74, 6) is -0.886. The number of carboxylic acid groups (broad SMARTS) is 1. The largest absolute Gasteiger partial charge is 0.479 e. The van der Waals surface area contributed by atoms with Crippen molar-refractivity contribution in [2.24, 2.45) is 0 Å². The van der Waals surface area contributed by atoms with Gasteiger partial charge in [0.15, 0.2) is 6.10 Å². The second kappa shape index (κ2) is 6.83. The minimum Gasteiger partial charge on any atom is -0.479 e. The Balaban J connectivity index is 2.50. The standard InChI is InChI=1S/C11H21NO4/c1-3-9-8-15-6-5-12(9)7-10(11(13)14)16-4-2/h9-10H,3-8H2,1-2H3,(H,13,14). The summed E-state index contributed by atoms with van der Waals surface area (Å²) in [6, 6.07) is 0.316. The van der Waals surface area contributed by atoms with E-state index in [2.05, 4.69) is 11.8 Å². The quantitative estimate of drug-likeness (QED) is 0.725.